The van der Waals surface area contributed by atoms with Gasteiger partial charge < -0.3 is 19.9 Å². The third-order valence-electron chi connectivity index (χ3n) is 2.62. The smallest absolute Gasteiger partial charge is 0.371 e. The first kappa shape index (κ1) is 13.6. The number of nitrogens with one attached hydrogen (secondary N) is 1. The molecule has 0 radical (unpaired) electrons. The van der Waals surface area contributed by atoms with Crippen molar-refractivity contribution in [3.8, 4) is 0 Å². The van der Waals surface area contributed by atoms with Crippen LogP contribution in [0.4, 0.5) is 5.88 Å². The number of aliphatic hydroxyl groups is 1. The third-order valence-corrected chi connectivity index (χ3v) is 2.62. The molecule has 0 aliphatic rings. The lowest BCUT2D eigenvalue weighted by Crippen LogP contribution is -2.15. The predicted octanol–water partition coefficient (Wildman–Crippen LogP) is 2.19. The predicted molar refractivity (Wildman–Crippen MR) is 64.3 cm³/mol. The number of hydrogen-bond donors (Lipinski definition) is 3. The zero-order valence-electron chi connectivity index (χ0n) is 9.98. The molecule has 1 aromatic heterocycles. The van der Waals surface area contributed by atoms with Crippen molar-refractivity contribution in [2.45, 2.75) is 26.2 Å². The van der Waals surface area contributed by atoms with Crippen LogP contribution in [0, 0.1) is 5.92 Å². The van der Waals surface area contributed by atoms with Crippen LogP contribution in [0.3, 0.4) is 0 Å². The van der Waals surface area contributed by atoms with E-state index in [1.54, 1.807) is 6.07 Å². The van der Waals surface area contributed by atoms with Gasteiger partial charge in [-0.1, -0.05) is 13.3 Å². The van der Waals surface area contributed by atoms with E-state index in [0.29, 0.717) is 18.3 Å². The second-order valence-corrected chi connectivity index (χ2v) is 4.02. The van der Waals surface area contributed by atoms with Gasteiger partial charge in [0.2, 0.25) is 5.76 Å². The van der Waals surface area contributed by atoms with Crippen molar-refractivity contribution < 1.29 is 19.4 Å². The van der Waals surface area contributed by atoms with Crippen LogP contribution in [0.5, 0.6) is 0 Å². The number of carboxylic acids is 1. The minimum atomic E-state index is -1.07. The number of carbonyl (C=O) groups is 1. The number of hydrogen-bond acceptors (Lipinski definition) is 4. The largest absolute Gasteiger partial charge is 0.475 e. The van der Waals surface area contributed by atoms with Crippen LogP contribution in [-0.2, 0) is 0 Å². The second-order valence-electron chi connectivity index (χ2n) is 4.02. The van der Waals surface area contributed by atoms with Gasteiger partial charge in [0.1, 0.15) is 0 Å². The summed E-state index contributed by atoms with van der Waals surface area (Å²) in [5.74, 6) is -0.301. The lowest BCUT2D eigenvalue weighted by molar-refractivity contribution is 0.0663. The number of aromatic carboxylic acids is 1. The molecule has 0 aliphatic carbocycles. The van der Waals surface area contributed by atoms with Gasteiger partial charge in [0, 0.05) is 19.2 Å². The third kappa shape index (κ3) is 4.48. The van der Waals surface area contributed by atoms with Gasteiger partial charge in [-0.3, -0.25) is 0 Å². The first-order chi connectivity index (χ1) is 8.17. The van der Waals surface area contributed by atoms with E-state index in [9.17, 15) is 4.79 Å². The van der Waals surface area contributed by atoms with Crippen molar-refractivity contribution in [2.24, 2.45) is 5.92 Å². The summed E-state index contributed by atoms with van der Waals surface area (Å²) in [5.41, 5.74) is 0. The van der Waals surface area contributed by atoms with Crippen LogP contribution in [0.1, 0.15) is 36.7 Å². The average molecular weight is 241 g/mol. The summed E-state index contributed by atoms with van der Waals surface area (Å²) in [6.07, 6.45) is 2.83. The van der Waals surface area contributed by atoms with Crippen molar-refractivity contribution in [1.82, 2.24) is 0 Å². The maximum absolute atomic E-state index is 10.6. The summed E-state index contributed by atoms with van der Waals surface area (Å²) in [5, 5.41) is 20.6. The van der Waals surface area contributed by atoms with Gasteiger partial charge in [0.05, 0.1) is 0 Å². The zero-order chi connectivity index (χ0) is 12.7. The minimum absolute atomic E-state index is 0.0679. The summed E-state index contributed by atoms with van der Waals surface area (Å²) >= 11 is 0. The molecule has 96 valence electrons. The minimum Gasteiger partial charge on any atom is -0.475 e. The van der Waals surface area contributed by atoms with Gasteiger partial charge in [0.15, 0.2) is 5.88 Å². The first-order valence-corrected chi connectivity index (χ1v) is 5.85. The highest BCUT2D eigenvalue weighted by atomic mass is 16.4. The highest BCUT2D eigenvalue weighted by Gasteiger charge is 2.11. The van der Waals surface area contributed by atoms with Crippen LogP contribution in [-0.4, -0.2) is 29.3 Å². The highest BCUT2D eigenvalue weighted by Crippen LogP contribution is 2.16. The summed E-state index contributed by atoms with van der Waals surface area (Å²) in [7, 11) is 0. The number of anilines is 1. The summed E-state index contributed by atoms with van der Waals surface area (Å²) in [4.78, 5) is 10.6. The molecule has 1 aromatic rings. The van der Waals surface area contributed by atoms with Crippen LogP contribution < -0.4 is 5.32 Å². The fourth-order valence-corrected chi connectivity index (χ4v) is 1.73. The van der Waals surface area contributed by atoms with Gasteiger partial charge in [-0.2, -0.15) is 0 Å². The fourth-order valence-electron chi connectivity index (χ4n) is 1.73. The van der Waals surface area contributed by atoms with E-state index >= 15 is 0 Å². The van der Waals surface area contributed by atoms with E-state index in [1.165, 1.54) is 6.07 Å². The molecule has 1 rings (SSSR count). The van der Waals surface area contributed by atoms with E-state index in [2.05, 4.69) is 12.2 Å². The Balaban J connectivity index is 2.44. The van der Waals surface area contributed by atoms with Crippen LogP contribution in [0.15, 0.2) is 16.5 Å². The summed E-state index contributed by atoms with van der Waals surface area (Å²) in [6.45, 7) is 2.95. The Labute approximate surface area is 100 Å². The van der Waals surface area contributed by atoms with E-state index in [0.717, 1.165) is 19.3 Å². The molecule has 0 saturated carbocycles. The quantitative estimate of drug-likeness (QED) is 0.649. The average Bonchev–Trinajstić information content (AvgIpc) is 2.75. The molecule has 0 spiro atoms. The lowest BCUT2D eigenvalue weighted by atomic mass is 10.0. The molecule has 5 nitrogen and oxygen atoms in total. The van der Waals surface area contributed by atoms with Crippen molar-refractivity contribution in [3.05, 3.63) is 17.9 Å². The SMILES string of the molecule is CCCC(CCO)CNc1ccc(C(=O)O)o1. The van der Waals surface area contributed by atoms with E-state index < -0.39 is 5.97 Å². The van der Waals surface area contributed by atoms with Gasteiger partial charge in [-0.05, 0) is 24.8 Å². The Hall–Kier alpha value is -1.49. The van der Waals surface area contributed by atoms with Gasteiger partial charge in [-0.15, -0.1) is 0 Å². The van der Waals surface area contributed by atoms with E-state index in [-0.39, 0.29) is 12.4 Å². The van der Waals surface area contributed by atoms with Crippen LogP contribution >= 0.6 is 0 Å². The van der Waals surface area contributed by atoms with Crippen molar-refractivity contribution >= 4 is 11.9 Å². The van der Waals surface area contributed by atoms with Gasteiger partial charge >= 0.3 is 5.97 Å². The standard InChI is InChI=1S/C12H19NO4/c1-2-3-9(6-7-14)8-13-11-5-4-10(17-11)12(15)16/h4-5,9,13-14H,2-3,6-8H2,1H3,(H,15,16). The summed E-state index contributed by atoms with van der Waals surface area (Å²) < 4.78 is 5.08. The van der Waals surface area contributed by atoms with Crippen LogP contribution in [0.2, 0.25) is 0 Å². The molecule has 0 aromatic carbocycles. The topological polar surface area (TPSA) is 82.7 Å². The molecule has 0 amide bonds. The van der Waals surface area contributed by atoms with Gasteiger partial charge in [0.25, 0.3) is 0 Å². The highest BCUT2D eigenvalue weighted by molar-refractivity contribution is 5.84. The van der Waals surface area contributed by atoms with Crippen molar-refractivity contribution in [1.29, 1.82) is 0 Å². The molecule has 0 aliphatic heterocycles. The Bertz CT molecular complexity index is 342. The number of aliphatic hydroxyl groups excluding tert-OH is 1. The molecule has 0 fully saturated rings. The number of rotatable bonds is 8. The maximum atomic E-state index is 10.6. The molecule has 0 bridgehead atoms. The Morgan fingerprint density at radius 3 is 2.76 bits per heavy atom. The molecule has 1 atom stereocenters. The second kappa shape index (κ2) is 6.96. The zero-order valence-corrected chi connectivity index (χ0v) is 9.98. The van der Waals surface area contributed by atoms with Gasteiger partial charge in [-0.25, -0.2) is 4.79 Å². The lowest BCUT2D eigenvalue weighted by Gasteiger charge is -2.14. The van der Waals surface area contributed by atoms with E-state index in [4.69, 9.17) is 14.6 Å². The van der Waals surface area contributed by atoms with E-state index in [1.807, 2.05) is 0 Å². The number of carboxylic acid groups (broad SMARTS) is 1. The molecular weight excluding hydrogens is 222 g/mol. The monoisotopic (exact) mass is 241 g/mol. The molecule has 17 heavy (non-hydrogen) atoms. The normalized spacial score (nSPS) is 12.4. The molecule has 5 heteroatoms. The Morgan fingerprint density at radius 2 is 2.24 bits per heavy atom. The fraction of sp³-hybridized carbons (Fsp3) is 0.583. The molecule has 1 unspecified atom stereocenters. The Kier molecular flexibility index (Phi) is 5.56. The first-order valence-electron chi connectivity index (χ1n) is 5.85. The molecular formula is C12H19NO4. The Morgan fingerprint density at radius 1 is 1.47 bits per heavy atom. The van der Waals surface area contributed by atoms with Crippen LogP contribution in [0.25, 0.3) is 0 Å². The summed E-state index contributed by atoms with van der Waals surface area (Å²) in [6, 6.07) is 3.02. The van der Waals surface area contributed by atoms with Crippen molar-refractivity contribution in [3.63, 3.8) is 0 Å². The molecule has 0 saturated heterocycles. The molecule has 1 heterocycles. The maximum Gasteiger partial charge on any atom is 0.371 e. The number of furan rings is 1. The molecule has 3 N–H and O–H groups in total. The van der Waals surface area contributed by atoms with Crippen molar-refractivity contribution in [2.75, 3.05) is 18.5 Å².